The van der Waals surface area contributed by atoms with Crippen LogP contribution in [0, 0.1) is 0 Å². The lowest BCUT2D eigenvalue weighted by Crippen LogP contribution is -1.91. The Labute approximate surface area is 54.2 Å². The predicted octanol–water partition coefficient (Wildman–Crippen LogP) is 1.91. The van der Waals surface area contributed by atoms with Crippen LogP contribution >= 0.6 is 34.2 Å². The molecule has 32 valence electrons. The summed E-state index contributed by atoms with van der Waals surface area (Å²) >= 11 is 7.49. The summed E-state index contributed by atoms with van der Waals surface area (Å²) in [6, 6.07) is 0. The lowest BCUT2D eigenvalue weighted by molar-refractivity contribution is 1.52. The first-order chi connectivity index (χ1) is 2.80. The van der Waals surface area contributed by atoms with Gasteiger partial charge in [-0.05, 0) is 22.6 Å². The fourth-order valence-electron chi connectivity index (χ4n) is 0.162. The van der Waals surface area contributed by atoms with Crippen LogP contribution in [0.25, 0.3) is 0 Å². The van der Waals surface area contributed by atoms with Gasteiger partial charge in [0.1, 0.15) is 3.72 Å². The number of hydrogen-bond acceptors (Lipinski definition) is 1. The summed E-state index contributed by atoms with van der Waals surface area (Å²) in [6.07, 6.45) is 1.63. The van der Waals surface area contributed by atoms with E-state index in [1.54, 1.807) is 6.20 Å². The van der Waals surface area contributed by atoms with Gasteiger partial charge in [0.15, 0.2) is 0 Å². The van der Waals surface area contributed by atoms with Crippen LogP contribution in [0.4, 0.5) is 0 Å². The molecule has 1 rings (SSSR count). The molecule has 6 heavy (non-hydrogen) atoms. The van der Waals surface area contributed by atoms with Crippen LogP contribution < -0.4 is 0 Å². The molecule has 0 aromatic carbocycles. The summed E-state index contributed by atoms with van der Waals surface area (Å²) in [5, 5.41) is 0.774. The van der Waals surface area contributed by atoms with Crippen molar-refractivity contribution in [2.24, 2.45) is 4.99 Å². The van der Waals surface area contributed by atoms with Crippen molar-refractivity contribution in [3.05, 3.63) is 11.2 Å². The Morgan fingerprint density at radius 3 is 2.33 bits per heavy atom. The molecule has 0 amide bonds. The van der Waals surface area contributed by atoms with Gasteiger partial charge in [-0.25, -0.2) is 4.99 Å². The van der Waals surface area contributed by atoms with E-state index in [4.69, 9.17) is 11.6 Å². The Hall–Kier alpha value is 0.430. The van der Waals surface area contributed by atoms with Crippen molar-refractivity contribution >= 4 is 37.9 Å². The molecule has 0 aromatic heterocycles. The van der Waals surface area contributed by atoms with E-state index in [0.29, 0.717) is 0 Å². The molecule has 0 fully saturated rings. The number of aliphatic imine (C=N–C) groups is 1. The first-order valence-electron chi connectivity index (χ1n) is 1.40. The summed E-state index contributed by atoms with van der Waals surface area (Å²) in [5.41, 5.74) is 0. The third-order valence-electron chi connectivity index (χ3n) is 0.488. The maximum Gasteiger partial charge on any atom is 0.121 e. The minimum absolute atomic E-state index is 0.774. The van der Waals surface area contributed by atoms with Gasteiger partial charge in [0.05, 0.1) is 5.03 Å². The molecule has 0 unspecified atom stereocenters. The number of nitrogens with zero attached hydrogens (tertiary/aromatic N) is 1. The van der Waals surface area contributed by atoms with Crippen molar-refractivity contribution < 1.29 is 0 Å². The summed E-state index contributed by atoms with van der Waals surface area (Å²) in [6.45, 7) is 0. The average Bonchev–Trinajstić information content (AvgIpc) is 1.61. The van der Waals surface area contributed by atoms with Gasteiger partial charge in [-0.15, -0.1) is 0 Å². The molecule has 1 heterocycles. The first kappa shape index (κ1) is 4.59. The predicted molar refractivity (Wildman–Crippen MR) is 35.4 cm³/mol. The minimum Gasteiger partial charge on any atom is -0.247 e. The molecule has 0 saturated heterocycles. The van der Waals surface area contributed by atoms with Gasteiger partial charge in [0, 0.05) is 6.20 Å². The molecule has 0 atom stereocenters. The Bertz CT molecular complexity index is 111. The van der Waals surface area contributed by atoms with Gasteiger partial charge in [0.25, 0.3) is 0 Å². The Morgan fingerprint density at radius 2 is 2.33 bits per heavy atom. The van der Waals surface area contributed by atoms with E-state index in [1.807, 2.05) is 0 Å². The molecule has 1 aliphatic heterocycles. The molecule has 1 aliphatic rings. The molecule has 0 N–H and O–H groups in total. The second-order valence-corrected chi connectivity index (χ2v) is 2.33. The van der Waals surface area contributed by atoms with Crippen molar-refractivity contribution in [2.45, 2.75) is 0 Å². The highest BCUT2D eigenvalue weighted by Gasteiger charge is 2.03. The van der Waals surface area contributed by atoms with E-state index in [-0.39, 0.29) is 0 Å². The first-order valence-corrected chi connectivity index (χ1v) is 2.86. The second kappa shape index (κ2) is 1.50. The fourth-order valence-corrected chi connectivity index (χ4v) is 0.538. The molecule has 1 nitrogen and oxygen atoms in total. The number of hydrogen-bond donors (Lipinski definition) is 0. The molecule has 0 aromatic rings. The third kappa shape index (κ3) is 0.586. The van der Waals surface area contributed by atoms with E-state index in [2.05, 4.69) is 27.6 Å². The highest BCUT2D eigenvalue weighted by Crippen LogP contribution is 2.18. The number of allylic oxidation sites excluding steroid dienone is 1. The normalized spacial score (nSPS) is 18.3. The number of halogens is 2. The van der Waals surface area contributed by atoms with Crippen LogP contribution in [0.3, 0.4) is 0 Å². The quantitative estimate of drug-likeness (QED) is 0.545. The molecule has 3 heteroatoms. The van der Waals surface area contributed by atoms with E-state index in [1.165, 1.54) is 0 Å². The number of rotatable bonds is 0. The fraction of sp³-hybridized carbons (Fsp3) is 0. The zero-order valence-corrected chi connectivity index (χ0v) is 5.69. The Balaban J connectivity index is 2.63. The van der Waals surface area contributed by atoms with Crippen LogP contribution in [0.5, 0.6) is 0 Å². The van der Waals surface area contributed by atoms with Crippen LogP contribution in [0.1, 0.15) is 0 Å². The molecule has 0 radical (unpaired) electrons. The smallest absolute Gasteiger partial charge is 0.121 e. The summed E-state index contributed by atoms with van der Waals surface area (Å²) in [7, 11) is 0. The lowest BCUT2D eigenvalue weighted by atomic mass is 10.6. The summed E-state index contributed by atoms with van der Waals surface area (Å²) in [5.74, 6) is 0. The van der Waals surface area contributed by atoms with Crippen LogP contribution in [-0.2, 0) is 0 Å². The SMILES string of the molecule is ClC1=CN=C1I. The van der Waals surface area contributed by atoms with Gasteiger partial charge >= 0.3 is 0 Å². The third-order valence-corrected chi connectivity index (χ3v) is 1.94. The molecule has 0 spiro atoms. The highest BCUT2D eigenvalue weighted by atomic mass is 127. The highest BCUT2D eigenvalue weighted by molar-refractivity contribution is 14.1. The standard InChI is InChI=1S/C3HClIN/c4-2-1-6-3(2)5/h1H. The van der Waals surface area contributed by atoms with E-state index < -0.39 is 0 Å². The maximum absolute atomic E-state index is 5.42. The second-order valence-electron chi connectivity index (χ2n) is 0.897. The van der Waals surface area contributed by atoms with Gasteiger partial charge in [0.2, 0.25) is 0 Å². The lowest BCUT2D eigenvalue weighted by Gasteiger charge is -1.98. The molecule has 0 bridgehead atoms. The van der Waals surface area contributed by atoms with Crippen LogP contribution in [-0.4, -0.2) is 3.72 Å². The van der Waals surface area contributed by atoms with Crippen molar-refractivity contribution in [2.75, 3.05) is 0 Å². The maximum atomic E-state index is 5.42. The molecule has 0 saturated carbocycles. The van der Waals surface area contributed by atoms with Crippen molar-refractivity contribution in [1.29, 1.82) is 0 Å². The van der Waals surface area contributed by atoms with E-state index in [0.717, 1.165) is 8.75 Å². The van der Waals surface area contributed by atoms with Crippen LogP contribution in [0.15, 0.2) is 16.2 Å². The van der Waals surface area contributed by atoms with Crippen LogP contribution in [0.2, 0.25) is 0 Å². The Kier molecular flexibility index (Phi) is 1.15. The zero-order chi connectivity index (χ0) is 4.57. The van der Waals surface area contributed by atoms with Crippen molar-refractivity contribution in [3.8, 4) is 0 Å². The van der Waals surface area contributed by atoms with Gasteiger partial charge < -0.3 is 0 Å². The average molecular weight is 213 g/mol. The topological polar surface area (TPSA) is 12.4 Å². The summed E-state index contributed by atoms with van der Waals surface area (Å²) in [4.78, 5) is 3.76. The van der Waals surface area contributed by atoms with E-state index >= 15 is 0 Å². The monoisotopic (exact) mass is 213 g/mol. The van der Waals surface area contributed by atoms with Crippen molar-refractivity contribution in [3.63, 3.8) is 0 Å². The van der Waals surface area contributed by atoms with Crippen molar-refractivity contribution in [1.82, 2.24) is 0 Å². The Morgan fingerprint density at radius 1 is 1.83 bits per heavy atom. The minimum atomic E-state index is 0.774. The molecular weight excluding hydrogens is 212 g/mol. The van der Waals surface area contributed by atoms with Gasteiger partial charge in [-0.1, -0.05) is 11.6 Å². The summed E-state index contributed by atoms with van der Waals surface area (Å²) < 4.78 is 0.911. The van der Waals surface area contributed by atoms with E-state index in [9.17, 15) is 0 Å². The molecular formula is C3HClIN. The zero-order valence-electron chi connectivity index (χ0n) is 2.78. The molecule has 0 aliphatic carbocycles. The van der Waals surface area contributed by atoms with Gasteiger partial charge in [-0.2, -0.15) is 0 Å². The largest absolute Gasteiger partial charge is 0.247 e. The van der Waals surface area contributed by atoms with Gasteiger partial charge in [-0.3, -0.25) is 0 Å².